The van der Waals surface area contributed by atoms with E-state index < -0.39 is 10.0 Å². The highest BCUT2D eigenvalue weighted by atomic mass is 79.9. The maximum Gasteiger partial charge on any atom is 0.252 e. The molecule has 0 bridgehead atoms. The van der Waals surface area contributed by atoms with Gasteiger partial charge in [0.15, 0.2) is 0 Å². The van der Waals surface area contributed by atoms with Crippen LogP contribution in [0.5, 0.6) is 0 Å². The molecule has 0 atom stereocenters. The van der Waals surface area contributed by atoms with Crippen LogP contribution in [0, 0.1) is 0 Å². The summed E-state index contributed by atoms with van der Waals surface area (Å²) in [5, 5.41) is 0. The highest BCUT2D eigenvalue weighted by molar-refractivity contribution is 9.10. The lowest BCUT2D eigenvalue weighted by atomic mass is 10.4. The third-order valence-corrected chi connectivity index (χ3v) is 7.36. The van der Waals surface area contributed by atoms with Gasteiger partial charge < -0.3 is 0 Å². The van der Waals surface area contributed by atoms with Gasteiger partial charge in [-0.1, -0.05) is 27.7 Å². The Hall–Kier alpha value is -0.340. The SMILES string of the molecule is CN(C)S(=O)(=O)c1ccc(Sc2ccc(Br)cc2)s1. The zero-order chi connectivity index (χ0) is 14.0. The summed E-state index contributed by atoms with van der Waals surface area (Å²) in [4.78, 5) is 1.08. The fraction of sp³-hybridized carbons (Fsp3) is 0.167. The first-order chi connectivity index (χ1) is 8.89. The molecule has 1 aromatic heterocycles. The second-order valence-corrected chi connectivity index (χ2v) is 9.67. The predicted octanol–water partition coefficient (Wildman–Crippen LogP) is 3.91. The summed E-state index contributed by atoms with van der Waals surface area (Å²) in [6.45, 7) is 0. The van der Waals surface area contributed by atoms with Gasteiger partial charge in [0.25, 0.3) is 10.0 Å². The zero-order valence-electron chi connectivity index (χ0n) is 10.3. The van der Waals surface area contributed by atoms with E-state index in [9.17, 15) is 8.42 Å². The number of hydrogen-bond acceptors (Lipinski definition) is 4. The van der Waals surface area contributed by atoms with E-state index in [4.69, 9.17) is 0 Å². The number of hydrogen-bond donors (Lipinski definition) is 0. The molecule has 1 heterocycles. The van der Waals surface area contributed by atoms with Gasteiger partial charge in [-0.25, -0.2) is 12.7 Å². The molecule has 0 aliphatic rings. The van der Waals surface area contributed by atoms with Crippen molar-refractivity contribution in [3.05, 3.63) is 40.9 Å². The molecule has 0 aliphatic heterocycles. The van der Waals surface area contributed by atoms with Gasteiger partial charge in [0.1, 0.15) is 4.21 Å². The lowest BCUT2D eigenvalue weighted by molar-refractivity contribution is 0.523. The molecule has 102 valence electrons. The molecule has 2 aromatic rings. The molecule has 19 heavy (non-hydrogen) atoms. The van der Waals surface area contributed by atoms with Crippen molar-refractivity contribution < 1.29 is 8.42 Å². The van der Waals surface area contributed by atoms with Gasteiger partial charge >= 0.3 is 0 Å². The van der Waals surface area contributed by atoms with Crippen LogP contribution in [-0.2, 0) is 10.0 Å². The Labute approximate surface area is 129 Å². The number of sulfonamides is 1. The van der Waals surface area contributed by atoms with E-state index in [-0.39, 0.29) is 0 Å². The molecule has 0 saturated carbocycles. The van der Waals surface area contributed by atoms with Gasteiger partial charge in [0.2, 0.25) is 0 Å². The topological polar surface area (TPSA) is 37.4 Å². The van der Waals surface area contributed by atoms with Crippen molar-refractivity contribution in [2.24, 2.45) is 0 Å². The van der Waals surface area contributed by atoms with Crippen molar-refractivity contribution >= 4 is 49.1 Å². The Kier molecular flexibility index (Phi) is 4.73. The fourth-order valence-electron chi connectivity index (χ4n) is 1.30. The van der Waals surface area contributed by atoms with E-state index in [2.05, 4.69) is 15.9 Å². The monoisotopic (exact) mass is 377 g/mol. The lowest BCUT2D eigenvalue weighted by Gasteiger charge is -2.08. The van der Waals surface area contributed by atoms with Crippen LogP contribution in [0.25, 0.3) is 0 Å². The minimum Gasteiger partial charge on any atom is -0.206 e. The van der Waals surface area contributed by atoms with Gasteiger partial charge in [-0.3, -0.25) is 0 Å². The second-order valence-electron chi connectivity index (χ2n) is 3.92. The van der Waals surface area contributed by atoms with Crippen molar-refractivity contribution in [1.82, 2.24) is 4.31 Å². The molecule has 0 radical (unpaired) electrons. The summed E-state index contributed by atoms with van der Waals surface area (Å²) in [5.74, 6) is 0. The molecule has 0 fully saturated rings. The van der Waals surface area contributed by atoms with Crippen LogP contribution in [0.15, 0.2) is 54.2 Å². The third kappa shape index (κ3) is 3.61. The van der Waals surface area contributed by atoms with Crippen molar-refractivity contribution in [1.29, 1.82) is 0 Å². The predicted molar refractivity (Wildman–Crippen MR) is 83.5 cm³/mol. The fourth-order valence-corrected chi connectivity index (χ4v) is 5.29. The average Bonchev–Trinajstić information content (AvgIpc) is 2.81. The van der Waals surface area contributed by atoms with Crippen LogP contribution < -0.4 is 0 Å². The summed E-state index contributed by atoms with van der Waals surface area (Å²) in [6.07, 6.45) is 0. The summed E-state index contributed by atoms with van der Waals surface area (Å²) < 4.78 is 27.5. The molecule has 0 amide bonds. The molecule has 1 aromatic carbocycles. The lowest BCUT2D eigenvalue weighted by Crippen LogP contribution is -2.21. The van der Waals surface area contributed by atoms with Crippen LogP contribution >= 0.6 is 39.0 Å². The molecule has 0 saturated heterocycles. The molecule has 3 nitrogen and oxygen atoms in total. The van der Waals surface area contributed by atoms with E-state index >= 15 is 0 Å². The number of rotatable bonds is 4. The minimum absolute atomic E-state index is 0.372. The largest absolute Gasteiger partial charge is 0.252 e. The number of thiophene rings is 1. The van der Waals surface area contributed by atoms with E-state index in [1.165, 1.54) is 29.7 Å². The molecule has 7 heteroatoms. The number of benzene rings is 1. The number of nitrogens with zero attached hydrogens (tertiary/aromatic N) is 1. The molecular formula is C12H12BrNO2S3. The molecular weight excluding hydrogens is 366 g/mol. The van der Waals surface area contributed by atoms with E-state index in [0.29, 0.717) is 4.21 Å². The summed E-state index contributed by atoms with van der Waals surface area (Å²) in [7, 11) is -0.247. The van der Waals surface area contributed by atoms with Gasteiger partial charge in [-0.15, -0.1) is 11.3 Å². The first-order valence-electron chi connectivity index (χ1n) is 5.35. The highest BCUT2D eigenvalue weighted by Gasteiger charge is 2.19. The Balaban J connectivity index is 2.20. The molecule has 0 unspecified atom stereocenters. The summed E-state index contributed by atoms with van der Waals surface area (Å²) >= 11 is 6.23. The van der Waals surface area contributed by atoms with Gasteiger partial charge in [0, 0.05) is 23.5 Å². The molecule has 0 N–H and O–H groups in total. The van der Waals surface area contributed by atoms with Crippen LogP contribution in [0.4, 0.5) is 0 Å². The first kappa shape index (κ1) is 15.1. The Morgan fingerprint density at radius 3 is 2.32 bits per heavy atom. The van der Waals surface area contributed by atoms with Crippen LogP contribution in [0.1, 0.15) is 0 Å². The van der Waals surface area contributed by atoms with Crippen LogP contribution in [-0.4, -0.2) is 26.8 Å². The Bertz CT molecular complexity index is 663. The maximum absolute atomic E-state index is 12.0. The molecule has 2 rings (SSSR count). The first-order valence-corrected chi connectivity index (χ1v) is 9.22. The Morgan fingerprint density at radius 2 is 1.74 bits per heavy atom. The van der Waals surface area contributed by atoms with Gasteiger partial charge in [-0.05, 0) is 36.4 Å². The quantitative estimate of drug-likeness (QED) is 0.810. The van der Waals surface area contributed by atoms with Gasteiger partial charge in [0.05, 0.1) is 4.21 Å². The van der Waals surface area contributed by atoms with Crippen molar-refractivity contribution in [3.63, 3.8) is 0 Å². The van der Waals surface area contributed by atoms with Crippen LogP contribution in [0.3, 0.4) is 0 Å². The summed E-state index contributed by atoms with van der Waals surface area (Å²) in [6, 6.07) is 11.4. The van der Waals surface area contributed by atoms with Gasteiger partial charge in [-0.2, -0.15) is 0 Å². The zero-order valence-corrected chi connectivity index (χ0v) is 14.4. The average molecular weight is 378 g/mol. The number of halogens is 1. The van der Waals surface area contributed by atoms with Crippen molar-refractivity contribution in [2.45, 2.75) is 13.3 Å². The van der Waals surface area contributed by atoms with E-state index in [1.807, 2.05) is 30.3 Å². The molecule has 0 aliphatic carbocycles. The van der Waals surface area contributed by atoms with Crippen molar-refractivity contribution in [2.75, 3.05) is 14.1 Å². The van der Waals surface area contributed by atoms with E-state index in [0.717, 1.165) is 13.6 Å². The normalized spacial score (nSPS) is 12.0. The van der Waals surface area contributed by atoms with Crippen molar-refractivity contribution in [3.8, 4) is 0 Å². The Morgan fingerprint density at radius 1 is 1.11 bits per heavy atom. The second kappa shape index (κ2) is 5.97. The van der Waals surface area contributed by atoms with Crippen LogP contribution in [0.2, 0.25) is 0 Å². The standard InChI is InChI=1S/C12H12BrNO2S3/c1-14(2)19(15,16)12-8-7-11(18-12)17-10-5-3-9(13)4-6-10/h3-8H,1-2H3. The van der Waals surface area contributed by atoms with E-state index in [1.54, 1.807) is 17.8 Å². The maximum atomic E-state index is 12.0. The summed E-state index contributed by atoms with van der Waals surface area (Å²) in [5.41, 5.74) is 0. The molecule has 0 spiro atoms. The minimum atomic E-state index is -3.32. The smallest absolute Gasteiger partial charge is 0.206 e. The third-order valence-electron chi connectivity index (χ3n) is 2.32. The highest BCUT2D eigenvalue weighted by Crippen LogP contribution is 2.36.